The van der Waals surface area contributed by atoms with Gasteiger partial charge in [0.15, 0.2) is 0 Å². The van der Waals surface area contributed by atoms with Gasteiger partial charge in [-0.3, -0.25) is 4.79 Å². The van der Waals surface area contributed by atoms with Crippen molar-refractivity contribution in [1.29, 1.82) is 0 Å². The van der Waals surface area contributed by atoms with E-state index in [0.717, 1.165) is 6.26 Å². The van der Waals surface area contributed by atoms with Gasteiger partial charge in [0.2, 0.25) is 15.9 Å². The first-order chi connectivity index (χ1) is 10.1. The Morgan fingerprint density at radius 3 is 2.82 bits per heavy atom. The van der Waals surface area contributed by atoms with Crippen LogP contribution in [0.4, 0.5) is 4.39 Å². The predicted molar refractivity (Wildman–Crippen MR) is 85.0 cm³/mol. The van der Waals surface area contributed by atoms with Gasteiger partial charge >= 0.3 is 0 Å². The summed E-state index contributed by atoms with van der Waals surface area (Å²) in [5.74, 6) is -0.923. The summed E-state index contributed by atoms with van der Waals surface area (Å²) in [6.07, 6.45) is 2.45. The maximum absolute atomic E-state index is 13.9. The Morgan fingerprint density at radius 2 is 2.23 bits per heavy atom. The lowest BCUT2D eigenvalue weighted by atomic mass is 9.79. The van der Waals surface area contributed by atoms with Crippen molar-refractivity contribution < 1.29 is 17.6 Å². The molecular formula is C14H18BrFN2O3S. The monoisotopic (exact) mass is 392 g/mol. The molecule has 1 amide bonds. The number of hydrogen-bond donors (Lipinski definition) is 2. The van der Waals surface area contributed by atoms with E-state index < -0.39 is 27.2 Å². The normalized spacial score (nSPS) is 25.3. The van der Waals surface area contributed by atoms with Crippen LogP contribution in [0.5, 0.6) is 0 Å². The van der Waals surface area contributed by atoms with Crippen LogP contribution in [0.1, 0.15) is 24.8 Å². The van der Waals surface area contributed by atoms with E-state index >= 15 is 0 Å². The molecule has 1 saturated carbocycles. The molecule has 0 aliphatic heterocycles. The molecule has 2 atom stereocenters. The summed E-state index contributed by atoms with van der Waals surface area (Å²) in [5, 5.41) is 0. The highest BCUT2D eigenvalue weighted by Crippen LogP contribution is 2.41. The molecular weight excluding hydrogens is 375 g/mol. The number of nitrogens with one attached hydrogen (secondary N) is 1. The van der Waals surface area contributed by atoms with Gasteiger partial charge < -0.3 is 5.73 Å². The molecule has 0 heterocycles. The van der Waals surface area contributed by atoms with Gasteiger partial charge in [0.25, 0.3) is 0 Å². The van der Waals surface area contributed by atoms with Gasteiger partial charge in [-0.2, -0.15) is 0 Å². The number of carbonyl (C=O) groups is 1. The van der Waals surface area contributed by atoms with Gasteiger partial charge in [0.1, 0.15) is 5.82 Å². The summed E-state index contributed by atoms with van der Waals surface area (Å²) in [7, 11) is -3.35. The molecule has 1 fully saturated rings. The fourth-order valence-electron chi connectivity index (χ4n) is 3.04. The van der Waals surface area contributed by atoms with E-state index in [4.69, 9.17) is 5.73 Å². The van der Waals surface area contributed by atoms with Crippen LogP contribution in [-0.2, 0) is 21.2 Å². The van der Waals surface area contributed by atoms with Crippen LogP contribution >= 0.6 is 15.9 Å². The topological polar surface area (TPSA) is 89.3 Å². The van der Waals surface area contributed by atoms with Crippen molar-refractivity contribution in [2.75, 3.05) is 6.26 Å². The molecule has 0 saturated heterocycles. The lowest BCUT2D eigenvalue weighted by Crippen LogP contribution is -2.40. The van der Waals surface area contributed by atoms with E-state index in [9.17, 15) is 17.6 Å². The molecule has 0 radical (unpaired) electrons. The molecule has 2 rings (SSSR count). The Hall–Kier alpha value is -0.990. The number of nitrogens with two attached hydrogens (primary N) is 1. The number of rotatable bonds is 5. The average molecular weight is 393 g/mol. The van der Waals surface area contributed by atoms with E-state index in [2.05, 4.69) is 20.7 Å². The van der Waals surface area contributed by atoms with Gasteiger partial charge in [0, 0.05) is 10.5 Å². The fraction of sp³-hybridized carbons (Fsp3) is 0.500. The minimum absolute atomic E-state index is 0.162. The largest absolute Gasteiger partial charge is 0.369 e. The number of sulfonamides is 1. The predicted octanol–water partition coefficient (Wildman–Crippen LogP) is 1.70. The van der Waals surface area contributed by atoms with Crippen molar-refractivity contribution in [1.82, 2.24) is 4.72 Å². The summed E-state index contributed by atoms with van der Waals surface area (Å²) in [5.41, 5.74) is 5.01. The minimum Gasteiger partial charge on any atom is -0.369 e. The highest BCUT2D eigenvalue weighted by molar-refractivity contribution is 9.10. The van der Waals surface area contributed by atoms with Crippen LogP contribution in [0.2, 0.25) is 0 Å². The minimum atomic E-state index is -3.35. The zero-order valence-corrected chi connectivity index (χ0v) is 14.5. The third-order valence-corrected chi connectivity index (χ3v) is 5.30. The third kappa shape index (κ3) is 4.05. The fourth-order valence-corrected chi connectivity index (χ4v) is 4.26. The van der Waals surface area contributed by atoms with Crippen molar-refractivity contribution in [2.24, 2.45) is 11.1 Å². The SMILES string of the molecule is CS(=O)(=O)N[C@H]1CC[C@](Cc2cc(Br)ccc2F)(C(N)=O)C1. The number of carbonyl (C=O) groups excluding carboxylic acids is 1. The molecule has 8 heteroatoms. The molecule has 0 spiro atoms. The lowest BCUT2D eigenvalue weighted by molar-refractivity contribution is -0.127. The zero-order valence-electron chi connectivity index (χ0n) is 12.1. The molecule has 1 aromatic carbocycles. The Kier molecular flexibility index (Phi) is 4.93. The van der Waals surface area contributed by atoms with Crippen LogP contribution < -0.4 is 10.5 Å². The molecule has 1 aliphatic rings. The molecule has 0 aromatic heterocycles. The quantitative estimate of drug-likeness (QED) is 0.798. The Bertz CT molecular complexity index is 695. The van der Waals surface area contributed by atoms with Crippen LogP contribution in [0.3, 0.4) is 0 Å². The van der Waals surface area contributed by atoms with Crippen molar-refractivity contribution in [3.05, 3.63) is 34.1 Å². The summed E-state index contributed by atoms with van der Waals surface area (Å²) in [6, 6.07) is 4.18. The molecule has 0 bridgehead atoms. The van der Waals surface area contributed by atoms with Crippen LogP contribution in [0.25, 0.3) is 0 Å². The average Bonchev–Trinajstić information content (AvgIpc) is 2.76. The van der Waals surface area contributed by atoms with Crippen LogP contribution in [0, 0.1) is 11.2 Å². The van der Waals surface area contributed by atoms with E-state index in [-0.39, 0.29) is 18.9 Å². The first kappa shape index (κ1) is 17.4. The molecule has 122 valence electrons. The summed E-state index contributed by atoms with van der Waals surface area (Å²) in [6.45, 7) is 0. The zero-order chi connectivity index (χ0) is 16.5. The third-order valence-electron chi connectivity index (χ3n) is 4.05. The van der Waals surface area contributed by atoms with E-state index in [1.54, 1.807) is 12.1 Å². The summed E-state index contributed by atoms with van der Waals surface area (Å²) < 4.78 is 39.8. The molecule has 1 aromatic rings. The van der Waals surface area contributed by atoms with Crippen molar-refractivity contribution in [3.63, 3.8) is 0 Å². The number of hydrogen-bond acceptors (Lipinski definition) is 3. The molecule has 5 nitrogen and oxygen atoms in total. The Balaban J connectivity index is 2.24. The van der Waals surface area contributed by atoms with Gasteiger partial charge in [-0.1, -0.05) is 15.9 Å². The Morgan fingerprint density at radius 1 is 1.55 bits per heavy atom. The molecule has 22 heavy (non-hydrogen) atoms. The van der Waals surface area contributed by atoms with Crippen LogP contribution in [-0.4, -0.2) is 26.6 Å². The standard InChI is InChI=1S/C14H18BrFN2O3S/c1-22(20,21)18-11-4-5-14(8-11,13(17)19)7-9-6-10(15)2-3-12(9)16/h2-3,6,11,18H,4-5,7-8H2,1H3,(H2,17,19)/t11-,14+/m0/s1. The highest BCUT2D eigenvalue weighted by atomic mass is 79.9. The summed E-state index contributed by atoms with van der Waals surface area (Å²) in [4.78, 5) is 11.9. The van der Waals surface area contributed by atoms with Crippen molar-refractivity contribution in [2.45, 2.75) is 31.7 Å². The smallest absolute Gasteiger partial charge is 0.224 e. The first-order valence-electron chi connectivity index (χ1n) is 6.82. The number of primary amides is 1. The van der Waals surface area contributed by atoms with E-state index in [1.807, 2.05) is 0 Å². The van der Waals surface area contributed by atoms with E-state index in [1.165, 1.54) is 6.07 Å². The van der Waals surface area contributed by atoms with Crippen molar-refractivity contribution >= 4 is 31.9 Å². The molecule has 3 N–H and O–H groups in total. The number of benzene rings is 1. The van der Waals surface area contributed by atoms with Gasteiger partial charge in [-0.25, -0.2) is 17.5 Å². The number of halogens is 2. The molecule has 1 aliphatic carbocycles. The number of amides is 1. The second-order valence-electron chi connectivity index (χ2n) is 5.89. The molecule has 0 unspecified atom stereocenters. The highest BCUT2D eigenvalue weighted by Gasteiger charge is 2.45. The second kappa shape index (κ2) is 6.25. The lowest BCUT2D eigenvalue weighted by Gasteiger charge is -2.26. The first-order valence-corrected chi connectivity index (χ1v) is 9.51. The van der Waals surface area contributed by atoms with Crippen LogP contribution in [0.15, 0.2) is 22.7 Å². The second-order valence-corrected chi connectivity index (χ2v) is 8.58. The van der Waals surface area contributed by atoms with Gasteiger partial charge in [-0.05, 0) is 49.4 Å². The Labute approximate surface area is 137 Å². The van der Waals surface area contributed by atoms with Gasteiger partial charge in [-0.15, -0.1) is 0 Å². The maximum atomic E-state index is 13.9. The van der Waals surface area contributed by atoms with Crippen molar-refractivity contribution in [3.8, 4) is 0 Å². The maximum Gasteiger partial charge on any atom is 0.224 e. The van der Waals surface area contributed by atoms with E-state index in [0.29, 0.717) is 22.9 Å². The summed E-state index contributed by atoms with van der Waals surface area (Å²) >= 11 is 3.28. The van der Waals surface area contributed by atoms with Gasteiger partial charge in [0.05, 0.1) is 11.7 Å².